The fourth-order valence-electron chi connectivity index (χ4n) is 6.80. The maximum atomic E-state index is 3.84. The van der Waals surface area contributed by atoms with Crippen LogP contribution < -0.4 is 4.90 Å². The fourth-order valence-corrected chi connectivity index (χ4v) is 6.80. The molecule has 0 N–H and O–H groups in total. The molecule has 0 saturated carbocycles. The van der Waals surface area contributed by atoms with Crippen LogP contribution in [0.5, 0.6) is 0 Å². The highest BCUT2D eigenvalue weighted by Crippen LogP contribution is 2.43. The lowest BCUT2D eigenvalue weighted by Crippen LogP contribution is -2.09. The first-order valence-corrected chi connectivity index (χ1v) is 16.3. The van der Waals surface area contributed by atoms with Crippen molar-refractivity contribution in [1.29, 1.82) is 0 Å². The zero-order chi connectivity index (χ0) is 32.3. The van der Waals surface area contributed by atoms with Gasteiger partial charge in [-0.3, -0.25) is 0 Å². The quantitative estimate of drug-likeness (QED) is 0.155. The number of anilines is 2. The summed E-state index contributed by atoms with van der Waals surface area (Å²) in [6.07, 6.45) is 9.96. The Bertz CT molecular complexity index is 2390. The number of benzene rings is 7. The van der Waals surface area contributed by atoms with Gasteiger partial charge in [0.2, 0.25) is 0 Å². The summed E-state index contributed by atoms with van der Waals surface area (Å²) in [5.41, 5.74) is 10.4. The number of hydrogen-bond acceptors (Lipinski definition) is 1. The van der Waals surface area contributed by atoms with Gasteiger partial charge in [0, 0.05) is 33.7 Å². The van der Waals surface area contributed by atoms with E-state index in [1.54, 1.807) is 6.08 Å². The van der Waals surface area contributed by atoms with Crippen LogP contribution in [0, 0.1) is 0 Å². The predicted molar refractivity (Wildman–Crippen MR) is 206 cm³/mol. The third-order valence-corrected chi connectivity index (χ3v) is 8.93. The number of fused-ring (bicyclic) bond motifs is 5. The molecule has 0 spiro atoms. The maximum Gasteiger partial charge on any atom is 0.0568 e. The van der Waals surface area contributed by atoms with Crippen molar-refractivity contribution >= 4 is 44.0 Å². The van der Waals surface area contributed by atoms with Gasteiger partial charge in [-0.25, -0.2) is 0 Å². The minimum absolute atomic E-state index is 1.09. The Morgan fingerprint density at radius 3 is 1.67 bits per heavy atom. The Morgan fingerprint density at radius 2 is 1.02 bits per heavy atom. The van der Waals surface area contributed by atoms with E-state index in [1.165, 1.54) is 49.3 Å². The minimum atomic E-state index is 1.09. The highest BCUT2D eigenvalue weighted by molar-refractivity contribution is 6.24. The van der Waals surface area contributed by atoms with E-state index >= 15 is 0 Å². The number of aromatic nitrogens is 1. The SMILES string of the molecule is C=C/C=C\C=C/N(c1ccccc1)c1cc2c(c3ccccc13)c1ccccc1n2-c1cc(-c2ccccc2)cc(-c2ccccc2)c1. The molecule has 228 valence electrons. The van der Waals surface area contributed by atoms with Gasteiger partial charge >= 0.3 is 0 Å². The summed E-state index contributed by atoms with van der Waals surface area (Å²) in [7, 11) is 0. The smallest absolute Gasteiger partial charge is 0.0568 e. The molecular formula is C46H34N2. The summed E-state index contributed by atoms with van der Waals surface area (Å²) in [6, 6.07) is 58.8. The van der Waals surface area contributed by atoms with Gasteiger partial charge in [0.25, 0.3) is 0 Å². The molecule has 2 heteroatoms. The van der Waals surface area contributed by atoms with Gasteiger partial charge in [-0.15, -0.1) is 0 Å². The molecule has 48 heavy (non-hydrogen) atoms. The first-order chi connectivity index (χ1) is 23.8. The molecule has 1 heterocycles. The maximum absolute atomic E-state index is 3.84. The summed E-state index contributed by atoms with van der Waals surface area (Å²) in [5.74, 6) is 0. The van der Waals surface area contributed by atoms with Crippen molar-refractivity contribution in [2.45, 2.75) is 0 Å². The summed E-state index contributed by atoms with van der Waals surface area (Å²) < 4.78 is 2.45. The van der Waals surface area contributed by atoms with Crippen LogP contribution in [0.1, 0.15) is 0 Å². The summed E-state index contributed by atoms with van der Waals surface area (Å²) in [4.78, 5) is 2.28. The molecule has 8 aromatic rings. The number of nitrogens with zero attached hydrogens (tertiary/aromatic N) is 2. The van der Waals surface area contributed by atoms with Crippen molar-refractivity contribution in [3.63, 3.8) is 0 Å². The van der Waals surface area contributed by atoms with Crippen molar-refractivity contribution in [2.75, 3.05) is 4.90 Å². The molecular weight excluding hydrogens is 581 g/mol. The monoisotopic (exact) mass is 614 g/mol. The second-order valence-electron chi connectivity index (χ2n) is 11.9. The van der Waals surface area contributed by atoms with E-state index < -0.39 is 0 Å². The summed E-state index contributed by atoms with van der Waals surface area (Å²) in [6.45, 7) is 3.84. The van der Waals surface area contributed by atoms with E-state index in [0.29, 0.717) is 0 Å². The molecule has 0 aliphatic heterocycles. The van der Waals surface area contributed by atoms with Crippen LogP contribution in [0.25, 0.3) is 60.5 Å². The van der Waals surface area contributed by atoms with Crippen LogP contribution in [0.4, 0.5) is 11.4 Å². The van der Waals surface area contributed by atoms with Gasteiger partial charge < -0.3 is 9.47 Å². The Morgan fingerprint density at radius 1 is 0.458 bits per heavy atom. The van der Waals surface area contributed by atoms with Crippen LogP contribution >= 0.6 is 0 Å². The Kier molecular flexibility index (Phi) is 7.74. The van der Waals surface area contributed by atoms with Gasteiger partial charge in [-0.1, -0.05) is 146 Å². The Labute approximate surface area is 281 Å². The number of hydrogen-bond donors (Lipinski definition) is 0. The van der Waals surface area contributed by atoms with Gasteiger partial charge in [-0.2, -0.15) is 0 Å². The largest absolute Gasteiger partial charge is 0.316 e. The third kappa shape index (κ3) is 5.30. The van der Waals surface area contributed by atoms with E-state index in [1.807, 2.05) is 12.2 Å². The topological polar surface area (TPSA) is 8.17 Å². The standard InChI is InChI=1S/C46H34N2/c1-2-3-4-18-29-47(38-23-12-7-13-24-38)44-33-45-46(41-26-15-14-25-40(41)44)42-27-16-17-28-43(42)48(45)39-31-36(34-19-8-5-9-20-34)30-37(32-39)35-21-10-6-11-22-35/h2-33H,1H2/b4-3-,29-18-. The van der Waals surface area contributed by atoms with Crippen molar-refractivity contribution in [3.05, 3.63) is 201 Å². The average molecular weight is 615 g/mol. The van der Waals surface area contributed by atoms with Gasteiger partial charge in [-0.05, 0) is 76.2 Å². The number of allylic oxidation sites excluding steroid dienone is 4. The molecule has 0 fully saturated rings. The Balaban J connectivity index is 1.47. The lowest BCUT2D eigenvalue weighted by atomic mass is 9.98. The molecule has 1 aromatic heterocycles. The highest BCUT2D eigenvalue weighted by Gasteiger charge is 2.20. The van der Waals surface area contributed by atoms with Gasteiger partial charge in [0.15, 0.2) is 0 Å². The van der Waals surface area contributed by atoms with Crippen molar-refractivity contribution in [1.82, 2.24) is 4.57 Å². The lowest BCUT2D eigenvalue weighted by molar-refractivity contribution is 1.18. The molecule has 0 unspecified atom stereocenters. The average Bonchev–Trinajstić information content (AvgIpc) is 3.50. The molecule has 0 radical (unpaired) electrons. The van der Waals surface area contributed by atoms with Crippen molar-refractivity contribution in [3.8, 4) is 27.9 Å². The van der Waals surface area contributed by atoms with E-state index in [4.69, 9.17) is 0 Å². The van der Waals surface area contributed by atoms with Crippen LogP contribution in [-0.2, 0) is 0 Å². The van der Waals surface area contributed by atoms with E-state index in [9.17, 15) is 0 Å². The van der Waals surface area contributed by atoms with Crippen molar-refractivity contribution in [2.24, 2.45) is 0 Å². The second-order valence-corrected chi connectivity index (χ2v) is 11.9. The third-order valence-electron chi connectivity index (χ3n) is 8.93. The van der Waals surface area contributed by atoms with Crippen molar-refractivity contribution < 1.29 is 0 Å². The molecule has 0 amide bonds. The van der Waals surface area contributed by atoms with E-state index in [-0.39, 0.29) is 0 Å². The molecule has 8 rings (SSSR count). The second kappa shape index (κ2) is 12.8. The van der Waals surface area contributed by atoms with Crippen LogP contribution in [0.3, 0.4) is 0 Å². The van der Waals surface area contributed by atoms with E-state index in [2.05, 4.69) is 192 Å². The first-order valence-electron chi connectivity index (χ1n) is 16.3. The molecule has 0 saturated heterocycles. The molecule has 2 nitrogen and oxygen atoms in total. The Hall–Kier alpha value is -6.38. The zero-order valence-electron chi connectivity index (χ0n) is 26.6. The number of rotatable bonds is 8. The van der Waals surface area contributed by atoms with Gasteiger partial charge in [0.1, 0.15) is 0 Å². The van der Waals surface area contributed by atoms with Crippen LogP contribution in [0.2, 0.25) is 0 Å². The number of para-hydroxylation sites is 2. The minimum Gasteiger partial charge on any atom is -0.316 e. The first kappa shape index (κ1) is 29.1. The molecule has 7 aromatic carbocycles. The van der Waals surface area contributed by atoms with E-state index in [0.717, 1.165) is 22.6 Å². The molecule has 0 aliphatic rings. The normalized spacial score (nSPS) is 11.7. The van der Waals surface area contributed by atoms with Crippen LogP contribution in [-0.4, -0.2) is 4.57 Å². The zero-order valence-corrected chi connectivity index (χ0v) is 26.6. The molecule has 0 aliphatic carbocycles. The predicted octanol–water partition coefficient (Wildman–Crippen LogP) is 12.7. The molecule has 0 atom stereocenters. The fraction of sp³-hybridized carbons (Fsp3) is 0. The summed E-state index contributed by atoms with van der Waals surface area (Å²) in [5, 5.41) is 4.90. The highest BCUT2D eigenvalue weighted by atomic mass is 15.1. The lowest BCUT2D eigenvalue weighted by Gasteiger charge is -2.23. The molecule has 0 bridgehead atoms. The van der Waals surface area contributed by atoms with Gasteiger partial charge in [0.05, 0.1) is 16.7 Å². The summed E-state index contributed by atoms with van der Waals surface area (Å²) >= 11 is 0. The van der Waals surface area contributed by atoms with Crippen LogP contribution in [0.15, 0.2) is 201 Å².